The van der Waals surface area contributed by atoms with Crippen molar-refractivity contribution in [2.45, 2.75) is 39.2 Å². The second-order valence-corrected chi connectivity index (χ2v) is 4.88. The van der Waals surface area contributed by atoms with Crippen LogP contribution in [0.2, 0.25) is 0 Å². The lowest BCUT2D eigenvalue weighted by atomic mass is 9.71. The van der Waals surface area contributed by atoms with Crippen LogP contribution in [0.1, 0.15) is 31.9 Å². The summed E-state index contributed by atoms with van der Waals surface area (Å²) in [7, 11) is 0. The van der Waals surface area contributed by atoms with E-state index >= 15 is 0 Å². The molecule has 0 aromatic heterocycles. The molecule has 3 nitrogen and oxygen atoms in total. The number of hydrogen-bond donors (Lipinski definition) is 1. The third-order valence-corrected chi connectivity index (χ3v) is 3.70. The highest BCUT2D eigenvalue weighted by Crippen LogP contribution is 2.37. The molecule has 0 saturated heterocycles. The predicted molar refractivity (Wildman–Crippen MR) is 73.5 cm³/mol. The van der Waals surface area contributed by atoms with E-state index in [2.05, 4.69) is 6.58 Å². The Bertz CT molecular complexity index is 467. The van der Waals surface area contributed by atoms with Gasteiger partial charge in [0, 0.05) is 5.41 Å². The minimum atomic E-state index is -0.761. The molecule has 3 heteroatoms. The molecule has 2 atom stereocenters. The molecule has 0 saturated carbocycles. The topological polar surface area (TPSA) is 52.3 Å². The van der Waals surface area contributed by atoms with Gasteiger partial charge in [0.1, 0.15) is 6.10 Å². The van der Waals surface area contributed by atoms with Crippen molar-refractivity contribution in [2.24, 2.45) is 5.73 Å². The number of rotatable bonds is 4. The van der Waals surface area contributed by atoms with Gasteiger partial charge < -0.3 is 10.5 Å². The predicted octanol–water partition coefficient (Wildman–Crippen LogP) is 3.31. The molecule has 2 N–H and O–H groups in total. The van der Waals surface area contributed by atoms with Crippen LogP contribution in [0.4, 0.5) is 4.79 Å². The second kappa shape index (κ2) is 5.25. The molecule has 1 amide bonds. The van der Waals surface area contributed by atoms with Gasteiger partial charge in [0.15, 0.2) is 0 Å². The van der Waals surface area contributed by atoms with Crippen molar-refractivity contribution < 1.29 is 9.53 Å². The van der Waals surface area contributed by atoms with Gasteiger partial charge in [-0.2, -0.15) is 0 Å². The molecule has 1 aromatic rings. The van der Waals surface area contributed by atoms with Crippen molar-refractivity contribution in [1.82, 2.24) is 0 Å². The second-order valence-electron chi connectivity index (χ2n) is 4.88. The zero-order valence-corrected chi connectivity index (χ0v) is 11.5. The summed E-state index contributed by atoms with van der Waals surface area (Å²) in [5.41, 5.74) is 7.85. The van der Waals surface area contributed by atoms with E-state index in [-0.39, 0.29) is 6.10 Å². The van der Waals surface area contributed by atoms with E-state index in [0.717, 1.165) is 16.7 Å². The number of ether oxygens (including phenoxy) is 1. The standard InChI is InChI=1S/C15H21NO2/c1-10(2)15(5,12(4)18-14(16)17)13-9-7-6-8-11(13)3/h6-9,12H,1H2,2-5H3,(H2,16,17). The Kier molecular flexibility index (Phi) is 4.17. The van der Waals surface area contributed by atoms with Gasteiger partial charge in [-0.05, 0) is 38.8 Å². The van der Waals surface area contributed by atoms with Crippen LogP contribution in [0, 0.1) is 6.92 Å². The number of aryl methyl sites for hydroxylation is 1. The zero-order chi connectivity index (χ0) is 13.9. The van der Waals surface area contributed by atoms with Crippen LogP contribution in [0.25, 0.3) is 0 Å². The molecule has 1 aromatic carbocycles. The van der Waals surface area contributed by atoms with Crippen LogP contribution in [0.5, 0.6) is 0 Å². The van der Waals surface area contributed by atoms with E-state index in [1.165, 1.54) is 0 Å². The SMILES string of the molecule is C=C(C)C(C)(c1ccccc1C)C(C)OC(N)=O. The summed E-state index contributed by atoms with van der Waals surface area (Å²) in [6.45, 7) is 11.9. The van der Waals surface area contributed by atoms with Gasteiger partial charge in [0.2, 0.25) is 0 Å². The van der Waals surface area contributed by atoms with Gasteiger partial charge in [-0.25, -0.2) is 4.79 Å². The van der Waals surface area contributed by atoms with Crippen LogP contribution >= 0.6 is 0 Å². The molecule has 0 heterocycles. The first-order valence-corrected chi connectivity index (χ1v) is 5.98. The van der Waals surface area contributed by atoms with E-state index in [9.17, 15) is 4.79 Å². The van der Waals surface area contributed by atoms with Crippen molar-refractivity contribution >= 4 is 6.09 Å². The molecular weight excluding hydrogens is 226 g/mol. The van der Waals surface area contributed by atoms with E-state index in [0.29, 0.717) is 0 Å². The number of hydrogen-bond acceptors (Lipinski definition) is 2. The van der Waals surface area contributed by atoms with Crippen molar-refractivity contribution in [2.75, 3.05) is 0 Å². The zero-order valence-electron chi connectivity index (χ0n) is 11.5. The number of primary amides is 1. The fourth-order valence-corrected chi connectivity index (χ4v) is 2.24. The third kappa shape index (κ3) is 2.55. The minimum absolute atomic E-state index is 0.367. The fraction of sp³-hybridized carbons (Fsp3) is 0.400. The molecule has 0 radical (unpaired) electrons. The van der Waals surface area contributed by atoms with E-state index in [1.807, 2.05) is 52.0 Å². The molecule has 98 valence electrons. The van der Waals surface area contributed by atoms with E-state index in [4.69, 9.17) is 10.5 Å². The Balaban J connectivity index is 3.28. The highest BCUT2D eigenvalue weighted by Gasteiger charge is 2.37. The van der Waals surface area contributed by atoms with Crippen LogP contribution < -0.4 is 5.73 Å². The number of benzene rings is 1. The maximum atomic E-state index is 11.0. The summed E-state index contributed by atoms with van der Waals surface area (Å²) in [4.78, 5) is 11.0. The van der Waals surface area contributed by atoms with Crippen LogP contribution in [0.3, 0.4) is 0 Å². The smallest absolute Gasteiger partial charge is 0.404 e. The molecule has 0 aliphatic heterocycles. The van der Waals surface area contributed by atoms with Gasteiger partial charge >= 0.3 is 6.09 Å². The lowest BCUT2D eigenvalue weighted by Crippen LogP contribution is -2.40. The largest absolute Gasteiger partial charge is 0.445 e. The van der Waals surface area contributed by atoms with Crippen molar-refractivity contribution in [3.63, 3.8) is 0 Å². The summed E-state index contributed by atoms with van der Waals surface area (Å²) < 4.78 is 5.16. The van der Waals surface area contributed by atoms with Crippen molar-refractivity contribution in [3.05, 3.63) is 47.5 Å². The highest BCUT2D eigenvalue weighted by atomic mass is 16.6. The Morgan fingerprint density at radius 3 is 2.44 bits per heavy atom. The first kappa shape index (κ1) is 14.3. The van der Waals surface area contributed by atoms with Gasteiger partial charge in [-0.15, -0.1) is 0 Å². The maximum absolute atomic E-state index is 11.0. The van der Waals surface area contributed by atoms with Crippen LogP contribution in [-0.4, -0.2) is 12.2 Å². The van der Waals surface area contributed by atoms with Gasteiger partial charge in [-0.1, -0.05) is 36.4 Å². The first-order chi connectivity index (χ1) is 8.30. The van der Waals surface area contributed by atoms with E-state index < -0.39 is 11.5 Å². The third-order valence-electron chi connectivity index (χ3n) is 3.70. The van der Waals surface area contributed by atoms with Gasteiger partial charge in [0.25, 0.3) is 0 Å². The molecular formula is C15H21NO2. The molecule has 0 bridgehead atoms. The lowest BCUT2D eigenvalue weighted by molar-refractivity contribution is 0.0804. The Morgan fingerprint density at radius 1 is 1.44 bits per heavy atom. The molecule has 18 heavy (non-hydrogen) atoms. The monoisotopic (exact) mass is 247 g/mol. The summed E-state index contributed by atoms with van der Waals surface area (Å²) in [5, 5.41) is 0. The normalized spacial score (nSPS) is 15.6. The lowest BCUT2D eigenvalue weighted by Gasteiger charge is -2.37. The Hall–Kier alpha value is -1.77. The maximum Gasteiger partial charge on any atom is 0.404 e. The Labute approximate surface area is 109 Å². The molecule has 0 spiro atoms. The highest BCUT2D eigenvalue weighted by molar-refractivity contribution is 5.65. The van der Waals surface area contributed by atoms with E-state index in [1.54, 1.807) is 0 Å². The molecule has 0 aliphatic rings. The van der Waals surface area contributed by atoms with Gasteiger partial charge in [-0.3, -0.25) is 0 Å². The molecule has 2 unspecified atom stereocenters. The first-order valence-electron chi connectivity index (χ1n) is 5.98. The average Bonchev–Trinajstić information content (AvgIpc) is 2.27. The number of carbonyl (C=O) groups excluding carboxylic acids is 1. The van der Waals surface area contributed by atoms with Gasteiger partial charge in [0.05, 0.1) is 0 Å². The fourth-order valence-electron chi connectivity index (χ4n) is 2.24. The molecule has 0 fully saturated rings. The summed E-state index contributed by atoms with van der Waals surface area (Å²) in [6, 6.07) is 8.02. The number of nitrogens with two attached hydrogens (primary N) is 1. The summed E-state index contributed by atoms with van der Waals surface area (Å²) in [6.07, 6.45) is -1.13. The number of amides is 1. The summed E-state index contributed by atoms with van der Waals surface area (Å²) >= 11 is 0. The average molecular weight is 247 g/mol. The number of carbonyl (C=O) groups is 1. The molecule has 1 rings (SSSR count). The molecule has 0 aliphatic carbocycles. The minimum Gasteiger partial charge on any atom is -0.445 e. The van der Waals surface area contributed by atoms with Crippen molar-refractivity contribution in [1.29, 1.82) is 0 Å². The van der Waals surface area contributed by atoms with Crippen LogP contribution in [0.15, 0.2) is 36.4 Å². The van der Waals surface area contributed by atoms with Crippen molar-refractivity contribution in [3.8, 4) is 0 Å². The Morgan fingerprint density at radius 2 is 2.00 bits per heavy atom. The summed E-state index contributed by atoms with van der Waals surface area (Å²) in [5.74, 6) is 0. The van der Waals surface area contributed by atoms with Crippen LogP contribution in [-0.2, 0) is 10.2 Å². The quantitative estimate of drug-likeness (QED) is 0.830.